The molecule has 0 radical (unpaired) electrons. The molecule has 0 aromatic heterocycles. The third-order valence-corrected chi connectivity index (χ3v) is 3.10. The van der Waals surface area contributed by atoms with E-state index in [2.05, 4.69) is 0 Å². The maximum Gasteiger partial charge on any atom is 0.339 e. The van der Waals surface area contributed by atoms with Crippen LogP contribution in [0.4, 0.5) is 0 Å². The van der Waals surface area contributed by atoms with E-state index >= 15 is 0 Å². The molecule has 0 amide bonds. The van der Waals surface area contributed by atoms with Gasteiger partial charge < -0.3 is 24.7 Å². The van der Waals surface area contributed by atoms with Gasteiger partial charge in [0, 0.05) is 0 Å². The highest BCUT2D eigenvalue weighted by molar-refractivity contribution is 7.52. The Morgan fingerprint density at radius 2 is 1.44 bits per heavy atom. The van der Waals surface area contributed by atoms with E-state index < -0.39 is 39.8 Å². The van der Waals surface area contributed by atoms with Crippen LogP contribution in [0.1, 0.15) is 6.92 Å². The third-order valence-electron chi connectivity index (χ3n) is 1.64. The number of hydrogen-bond acceptors (Lipinski definition) is 4. The van der Waals surface area contributed by atoms with Gasteiger partial charge in [-0.05, 0) is 6.92 Å². The third kappa shape index (κ3) is 7.08. The fourth-order valence-electron chi connectivity index (χ4n) is 0.919. The molecular formula is C5H13NO8P2. The summed E-state index contributed by atoms with van der Waals surface area (Å²) < 4.78 is 21.3. The lowest BCUT2D eigenvalue weighted by Gasteiger charge is -2.26. The van der Waals surface area contributed by atoms with Crippen molar-refractivity contribution in [1.82, 2.24) is 4.90 Å². The summed E-state index contributed by atoms with van der Waals surface area (Å²) >= 11 is 0. The highest BCUT2D eigenvalue weighted by atomic mass is 31.2. The zero-order valence-corrected chi connectivity index (χ0v) is 10.1. The lowest BCUT2D eigenvalue weighted by atomic mass is 10.3. The van der Waals surface area contributed by atoms with E-state index in [4.69, 9.17) is 24.7 Å². The van der Waals surface area contributed by atoms with Gasteiger partial charge in [0.05, 0.1) is 0 Å². The Balaban J connectivity index is 4.85. The van der Waals surface area contributed by atoms with Gasteiger partial charge >= 0.3 is 21.2 Å². The van der Waals surface area contributed by atoms with Gasteiger partial charge in [0.1, 0.15) is 18.6 Å². The summed E-state index contributed by atoms with van der Waals surface area (Å²) in [6.07, 6.45) is -2.04. The Morgan fingerprint density at radius 3 is 1.62 bits per heavy atom. The second-order valence-corrected chi connectivity index (χ2v) is 6.44. The average Bonchev–Trinajstić information content (AvgIpc) is 1.95. The van der Waals surface area contributed by atoms with Gasteiger partial charge in [0.15, 0.2) is 0 Å². The SMILES string of the molecule is C[C@@H](C(=O)O)N(CP(=O)(O)O)CP(=O)(O)O. The van der Waals surface area contributed by atoms with Crippen LogP contribution in [0.3, 0.4) is 0 Å². The maximum absolute atomic E-state index is 10.7. The molecule has 0 fully saturated rings. The fourth-order valence-corrected chi connectivity index (χ4v) is 2.71. The second kappa shape index (κ2) is 5.37. The van der Waals surface area contributed by atoms with Crippen LogP contribution >= 0.6 is 15.2 Å². The Labute approximate surface area is 91.0 Å². The molecule has 0 unspecified atom stereocenters. The minimum atomic E-state index is -4.58. The Kier molecular flexibility index (Phi) is 5.28. The number of rotatable bonds is 6. The first-order chi connectivity index (χ1) is 6.92. The summed E-state index contributed by atoms with van der Waals surface area (Å²) in [7, 11) is -9.16. The highest BCUT2D eigenvalue weighted by Gasteiger charge is 2.32. The molecule has 9 nitrogen and oxygen atoms in total. The van der Waals surface area contributed by atoms with Crippen molar-refractivity contribution in [2.75, 3.05) is 12.6 Å². The zero-order chi connectivity index (χ0) is 13.1. The number of carbonyl (C=O) groups is 1. The van der Waals surface area contributed by atoms with E-state index in [0.717, 1.165) is 6.92 Å². The number of hydrogen-bond donors (Lipinski definition) is 5. The van der Waals surface area contributed by atoms with E-state index in [1.165, 1.54) is 0 Å². The fraction of sp³-hybridized carbons (Fsp3) is 0.800. The zero-order valence-electron chi connectivity index (χ0n) is 8.29. The molecule has 0 rings (SSSR count). The summed E-state index contributed by atoms with van der Waals surface area (Å²) in [4.78, 5) is 45.7. The summed E-state index contributed by atoms with van der Waals surface area (Å²) in [5, 5.41) is 8.60. The quantitative estimate of drug-likeness (QED) is 0.385. The molecule has 0 bridgehead atoms. The molecule has 0 aliphatic carbocycles. The van der Waals surface area contributed by atoms with Crippen LogP contribution in [-0.2, 0) is 13.9 Å². The van der Waals surface area contributed by atoms with E-state index in [1.807, 2.05) is 0 Å². The van der Waals surface area contributed by atoms with Crippen molar-refractivity contribution in [2.45, 2.75) is 13.0 Å². The number of carboxylic acids is 1. The van der Waals surface area contributed by atoms with E-state index in [1.54, 1.807) is 0 Å². The molecule has 5 N–H and O–H groups in total. The van der Waals surface area contributed by atoms with Gasteiger partial charge in [-0.1, -0.05) is 0 Å². The van der Waals surface area contributed by atoms with Crippen molar-refractivity contribution in [3.8, 4) is 0 Å². The van der Waals surface area contributed by atoms with Gasteiger partial charge in [-0.2, -0.15) is 0 Å². The van der Waals surface area contributed by atoms with Gasteiger partial charge in [0.2, 0.25) is 0 Å². The molecule has 0 aromatic rings. The van der Waals surface area contributed by atoms with Crippen LogP contribution in [0.15, 0.2) is 0 Å². The predicted octanol–water partition coefficient (Wildman–Crippen LogP) is -0.968. The minimum absolute atomic E-state index is 0.532. The highest BCUT2D eigenvalue weighted by Crippen LogP contribution is 2.41. The summed E-state index contributed by atoms with van der Waals surface area (Å²) in [5.41, 5.74) is 0. The van der Waals surface area contributed by atoms with Gasteiger partial charge in [-0.3, -0.25) is 18.8 Å². The first kappa shape index (κ1) is 15.7. The molecular weight excluding hydrogens is 264 g/mol. The first-order valence-corrected chi connectivity index (χ1v) is 7.58. The summed E-state index contributed by atoms with van der Waals surface area (Å²) in [6, 6.07) is -1.40. The molecule has 0 saturated carbocycles. The lowest BCUT2D eigenvalue weighted by molar-refractivity contribution is -0.141. The van der Waals surface area contributed by atoms with Crippen LogP contribution in [0, 0.1) is 0 Å². The van der Waals surface area contributed by atoms with Crippen molar-refractivity contribution in [3.05, 3.63) is 0 Å². The average molecular weight is 277 g/mol. The number of nitrogens with zero attached hydrogens (tertiary/aromatic N) is 1. The largest absolute Gasteiger partial charge is 0.480 e. The van der Waals surface area contributed by atoms with E-state index in [0.29, 0.717) is 4.90 Å². The molecule has 0 heterocycles. The predicted molar refractivity (Wildman–Crippen MR) is 52.8 cm³/mol. The van der Waals surface area contributed by atoms with Crippen LogP contribution in [0.2, 0.25) is 0 Å². The summed E-state index contributed by atoms with van der Waals surface area (Å²) in [5.74, 6) is -1.43. The van der Waals surface area contributed by atoms with Crippen molar-refractivity contribution in [1.29, 1.82) is 0 Å². The molecule has 0 aliphatic heterocycles. The van der Waals surface area contributed by atoms with Crippen molar-refractivity contribution >= 4 is 21.2 Å². The van der Waals surface area contributed by atoms with Gasteiger partial charge in [-0.15, -0.1) is 0 Å². The molecule has 0 saturated heterocycles. The topological polar surface area (TPSA) is 156 Å². The van der Waals surface area contributed by atoms with Gasteiger partial charge in [0.25, 0.3) is 0 Å². The van der Waals surface area contributed by atoms with Crippen LogP contribution in [-0.4, -0.2) is 54.2 Å². The molecule has 0 aliphatic rings. The Hall–Kier alpha value is -0.270. The van der Waals surface area contributed by atoms with E-state index in [-0.39, 0.29) is 0 Å². The minimum Gasteiger partial charge on any atom is -0.480 e. The normalized spacial score (nSPS) is 15.1. The lowest BCUT2D eigenvalue weighted by Crippen LogP contribution is -2.40. The monoisotopic (exact) mass is 277 g/mol. The van der Waals surface area contributed by atoms with Crippen molar-refractivity contribution in [2.24, 2.45) is 0 Å². The Morgan fingerprint density at radius 1 is 1.12 bits per heavy atom. The van der Waals surface area contributed by atoms with Crippen molar-refractivity contribution in [3.63, 3.8) is 0 Å². The molecule has 0 aromatic carbocycles. The molecule has 11 heteroatoms. The summed E-state index contributed by atoms with van der Waals surface area (Å²) in [6.45, 7) is 1.08. The molecule has 0 spiro atoms. The molecule has 96 valence electrons. The van der Waals surface area contributed by atoms with Crippen LogP contribution < -0.4 is 0 Å². The first-order valence-electron chi connectivity index (χ1n) is 3.98. The van der Waals surface area contributed by atoms with Gasteiger partial charge in [-0.25, -0.2) is 0 Å². The smallest absolute Gasteiger partial charge is 0.339 e. The van der Waals surface area contributed by atoms with Crippen molar-refractivity contribution < 1.29 is 38.6 Å². The second-order valence-electron chi connectivity index (χ2n) is 3.22. The molecule has 16 heavy (non-hydrogen) atoms. The molecule has 1 atom stereocenters. The number of carboxylic acid groups (broad SMARTS) is 1. The Bertz CT molecular complexity index is 320. The van der Waals surface area contributed by atoms with Crippen LogP contribution in [0.5, 0.6) is 0 Å². The van der Waals surface area contributed by atoms with E-state index in [9.17, 15) is 13.9 Å². The number of aliphatic carboxylic acids is 1. The standard InChI is InChI=1S/C5H13NO8P2/c1-4(5(7)8)6(2-15(9,10)11)3-16(12,13)14/h4H,2-3H2,1H3,(H,7,8)(H2,9,10,11)(H2,12,13,14)/t4-/m0/s1. The maximum atomic E-state index is 10.7. The van der Waals surface area contributed by atoms with Crippen LogP contribution in [0.25, 0.3) is 0 Å².